The molecule has 5 N–H and O–H groups in total. The number of phenols is 1. The highest BCUT2D eigenvalue weighted by Gasteiger charge is 2.16. The Morgan fingerprint density at radius 1 is 0.569 bits per heavy atom. The van der Waals surface area contributed by atoms with Gasteiger partial charge in [0, 0.05) is 68.5 Å². The monoisotopic (exact) mass is 674 g/mol. The standard InChI is InChI=1S/C21H16N2O3.C20H14N2O3/c1-26-19-11-14(10-13-6-2-3-7-15(13)19)23-21(25)17-12-22-18-9-5-4-8-16(18)20(17)24;23-18-10-13(9-12-5-1-2-6-14(12)18)22-20(25)16-11-21-17-8-4-3-7-15(17)19(16)24/h2-12H,1H3,(H,22,24)(H,23,25);1-11,23H,(H,21,24)(H,22,25). The summed E-state index contributed by atoms with van der Waals surface area (Å²) in [5, 5.41) is 19.9. The maximum Gasteiger partial charge on any atom is 0.261 e. The number of ether oxygens (including phenoxy) is 1. The molecule has 0 atom stereocenters. The molecule has 2 amide bonds. The second-order valence-electron chi connectivity index (χ2n) is 11.7. The zero-order valence-electron chi connectivity index (χ0n) is 27.2. The first-order valence-corrected chi connectivity index (χ1v) is 15.9. The number of pyridine rings is 2. The molecule has 0 bridgehead atoms. The molecule has 0 aliphatic carbocycles. The Kier molecular flexibility index (Phi) is 8.71. The van der Waals surface area contributed by atoms with Crippen molar-refractivity contribution in [2.24, 2.45) is 0 Å². The molecule has 2 aromatic heterocycles. The largest absolute Gasteiger partial charge is 0.507 e. The molecule has 51 heavy (non-hydrogen) atoms. The summed E-state index contributed by atoms with van der Waals surface area (Å²) in [5.74, 6) is -0.261. The van der Waals surface area contributed by atoms with Gasteiger partial charge in [-0.2, -0.15) is 0 Å². The van der Waals surface area contributed by atoms with E-state index in [9.17, 15) is 24.3 Å². The van der Waals surface area contributed by atoms with E-state index in [0.717, 1.165) is 16.2 Å². The number of benzene rings is 6. The number of carbonyl (C=O) groups is 2. The highest BCUT2D eigenvalue weighted by Crippen LogP contribution is 2.30. The fraction of sp³-hybridized carbons (Fsp3) is 0.0244. The van der Waals surface area contributed by atoms with Crippen molar-refractivity contribution in [3.63, 3.8) is 0 Å². The van der Waals surface area contributed by atoms with Gasteiger partial charge in [0.1, 0.15) is 22.6 Å². The fourth-order valence-electron chi connectivity index (χ4n) is 5.95. The van der Waals surface area contributed by atoms with Gasteiger partial charge in [-0.25, -0.2) is 0 Å². The molecule has 0 fully saturated rings. The lowest BCUT2D eigenvalue weighted by atomic mass is 10.1. The number of rotatable bonds is 5. The summed E-state index contributed by atoms with van der Waals surface area (Å²) in [4.78, 5) is 56.2. The molecule has 0 aliphatic heterocycles. The van der Waals surface area contributed by atoms with Gasteiger partial charge < -0.3 is 30.4 Å². The Hall–Kier alpha value is -7.20. The second kappa shape index (κ2) is 13.7. The van der Waals surface area contributed by atoms with Gasteiger partial charge in [0.05, 0.1) is 7.11 Å². The van der Waals surface area contributed by atoms with E-state index in [1.165, 1.54) is 18.5 Å². The van der Waals surface area contributed by atoms with E-state index in [1.54, 1.807) is 61.7 Å². The molecule has 0 saturated carbocycles. The first-order valence-electron chi connectivity index (χ1n) is 15.9. The molecule has 2 heterocycles. The zero-order valence-corrected chi connectivity index (χ0v) is 27.2. The van der Waals surface area contributed by atoms with Crippen LogP contribution >= 0.6 is 0 Å². The summed E-state index contributed by atoms with van der Waals surface area (Å²) < 4.78 is 5.42. The average Bonchev–Trinajstić information content (AvgIpc) is 3.15. The van der Waals surface area contributed by atoms with Crippen molar-refractivity contribution in [2.75, 3.05) is 17.7 Å². The minimum absolute atomic E-state index is 0.0198. The Labute approximate surface area is 290 Å². The van der Waals surface area contributed by atoms with Gasteiger partial charge in [0.2, 0.25) is 10.9 Å². The number of aromatic nitrogens is 2. The highest BCUT2D eigenvalue weighted by atomic mass is 16.5. The number of methoxy groups -OCH3 is 1. The van der Waals surface area contributed by atoms with Crippen LogP contribution in [0, 0.1) is 0 Å². The number of aromatic hydroxyl groups is 1. The quantitative estimate of drug-likeness (QED) is 0.127. The first-order chi connectivity index (χ1) is 24.8. The third-order valence-corrected chi connectivity index (χ3v) is 8.47. The summed E-state index contributed by atoms with van der Waals surface area (Å²) in [6, 6.07) is 36.0. The Bertz CT molecular complexity index is 2750. The Balaban J connectivity index is 0.000000159. The van der Waals surface area contributed by atoms with Crippen LogP contribution in [-0.4, -0.2) is 34.0 Å². The van der Waals surface area contributed by atoms with Crippen LogP contribution in [0.1, 0.15) is 20.7 Å². The SMILES string of the molecule is COc1cc(NC(=O)c2c[nH]c3ccccc3c2=O)cc2ccccc12.O=C(Nc1cc(O)c2ccccc2c1)c1c[nH]c2ccccc2c1=O. The summed E-state index contributed by atoms with van der Waals surface area (Å²) >= 11 is 0. The van der Waals surface area contributed by atoms with Crippen molar-refractivity contribution < 1.29 is 19.4 Å². The van der Waals surface area contributed by atoms with Crippen LogP contribution in [0.4, 0.5) is 11.4 Å². The van der Waals surface area contributed by atoms with E-state index in [-0.39, 0.29) is 27.7 Å². The summed E-state index contributed by atoms with van der Waals surface area (Å²) in [6.45, 7) is 0. The molecule has 10 heteroatoms. The number of aromatic amines is 2. The van der Waals surface area contributed by atoms with Gasteiger partial charge in [-0.1, -0.05) is 72.8 Å². The topological polar surface area (TPSA) is 153 Å². The molecule has 0 spiro atoms. The molecule has 10 nitrogen and oxygen atoms in total. The van der Waals surface area contributed by atoms with E-state index in [1.807, 2.05) is 60.7 Å². The van der Waals surface area contributed by atoms with Crippen LogP contribution in [0.25, 0.3) is 43.4 Å². The Morgan fingerprint density at radius 3 is 1.53 bits per heavy atom. The number of anilines is 2. The number of phenolic OH excluding ortho intramolecular Hbond substituents is 1. The third kappa shape index (κ3) is 6.49. The zero-order chi connectivity index (χ0) is 35.5. The maximum atomic E-state index is 12.6. The highest BCUT2D eigenvalue weighted by molar-refractivity contribution is 6.08. The number of amides is 2. The summed E-state index contributed by atoms with van der Waals surface area (Å²) in [7, 11) is 1.58. The van der Waals surface area contributed by atoms with Crippen molar-refractivity contribution in [1.82, 2.24) is 9.97 Å². The first kappa shape index (κ1) is 32.4. The molecular weight excluding hydrogens is 644 g/mol. The minimum atomic E-state index is -0.526. The van der Waals surface area contributed by atoms with Crippen LogP contribution < -0.4 is 26.2 Å². The van der Waals surface area contributed by atoms with E-state index < -0.39 is 11.8 Å². The molecular formula is C41H30N4O6. The van der Waals surface area contributed by atoms with Gasteiger partial charge in [-0.15, -0.1) is 0 Å². The van der Waals surface area contributed by atoms with Crippen LogP contribution in [0.2, 0.25) is 0 Å². The van der Waals surface area contributed by atoms with Gasteiger partial charge in [-0.05, 0) is 47.2 Å². The van der Waals surface area contributed by atoms with E-state index in [2.05, 4.69) is 20.6 Å². The van der Waals surface area contributed by atoms with Crippen LogP contribution in [0.3, 0.4) is 0 Å². The molecule has 250 valence electrons. The molecule has 0 saturated heterocycles. The predicted octanol–water partition coefficient (Wildman–Crippen LogP) is 7.58. The molecule has 0 aliphatic rings. The van der Waals surface area contributed by atoms with E-state index in [4.69, 9.17) is 4.74 Å². The van der Waals surface area contributed by atoms with Crippen LogP contribution in [0.15, 0.2) is 143 Å². The maximum absolute atomic E-state index is 12.6. The lowest BCUT2D eigenvalue weighted by molar-refractivity contribution is 0.101. The molecule has 0 unspecified atom stereocenters. The number of para-hydroxylation sites is 2. The predicted molar refractivity (Wildman–Crippen MR) is 201 cm³/mol. The average molecular weight is 675 g/mol. The number of hydrogen-bond acceptors (Lipinski definition) is 6. The lowest BCUT2D eigenvalue weighted by Gasteiger charge is -2.11. The minimum Gasteiger partial charge on any atom is -0.507 e. The summed E-state index contributed by atoms with van der Waals surface area (Å²) in [6.07, 6.45) is 2.85. The molecule has 6 aromatic carbocycles. The third-order valence-electron chi connectivity index (χ3n) is 8.47. The Morgan fingerprint density at radius 2 is 1.00 bits per heavy atom. The van der Waals surface area contributed by atoms with Gasteiger partial charge in [0.25, 0.3) is 11.8 Å². The summed E-state index contributed by atoms with van der Waals surface area (Å²) in [5.41, 5.74) is 1.81. The second-order valence-corrected chi connectivity index (χ2v) is 11.7. The number of carbonyl (C=O) groups excluding carboxylic acids is 2. The van der Waals surface area contributed by atoms with Crippen molar-refractivity contribution in [3.05, 3.63) is 165 Å². The fourth-order valence-corrected chi connectivity index (χ4v) is 5.95. The van der Waals surface area contributed by atoms with Crippen LogP contribution in [-0.2, 0) is 0 Å². The van der Waals surface area contributed by atoms with Crippen molar-refractivity contribution in [3.8, 4) is 11.5 Å². The molecule has 8 rings (SSSR count). The van der Waals surface area contributed by atoms with Gasteiger partial charge >= 0.3 is 0 Å². The van der Waals surface area contributed by atoms with Gasteiger partial charge in [0.15, 0.2) is 0 Å². The lowest BCUT2D eigenvalue weighted by Crippen LogP contribution is -2.21. The number of H-pyrrole nitrogens is 2. The molecule has 0 radical (unpaired) electrons. The van der Waals surface area contributed by atoms with E-state index in [0.29, 0.717) is 44.3 Å². The smallest absolute Gasteiger partial charge is 0.261 e. The number of hydrogen-bond donors (Lipinski definition) is 5. The van der Waals surface area contributed by atoms with Crippen molar-refractivity contribution in [1.29, 1.82) is 0 Å². The van der Waals surface area contributed by atoms with Crippen molar-refractivity contribution in [2.45, 2.75) is 0 Å². The normalized spacial score (nSPS) is 10.8. The van der Waals surface area contributed by atoms with Gasteiger partial charge in [-0.3, -0.25) is 19.2 Å². The van der Waals surface area contributed by atoms with E-state index >= 15 is 0 Å². The van der Waals surface area contributed by atoms with Crippen LogP contribution in [0.5, 0.6) is 11.5 Å². The number of nitrogens with one attached hydrogen (secondary N) is 4. The number of fused-ring (bicyclic) bond motifs is 4. The molecule has 8 aromatic rings. The van der Waals surface area contributed by atoms with Crippen molar-refractivity contribution >= 4 is 66.5 Å².